The Morgan fingerprint density at radius 2 is 1.85 bits per heavy atom. The molecule has 0 bridgehead atoms. The van der Waals surface area contributed by atoms with E-state index in [9.17, 15) is 0 Å². The van der Waals surface area contributed by atoms with Crippen LogP contribution in [-0.2, 0) is 6.54 Å². The maximum absolute atomic E-state index is 4.31. The van der Waals surface area contributed by atoms with Crippen molar-refractivity contribution in [1.82, 2.24) is 15.3 Å². The van der Waals surface area contributed by atoms with Crippen molar-refractivity contribution in [1.29, 1.82) is 0 Å². The van der Waals surface area contributed by atoms with Gasteiger partial charge >= 0.3 is 0 Å². The molecule has 2 aromatic rings. The zero-order chi connectivity index (χ0) is 14.2. The van der Waals surface area contributed by atoms with Gasteiger partial charge in [-0.25, -0.2) is 9.97 Å². The fourth-order valence-electron chi connectivity index (χ4n) is 2.14. The number of hydrogen-bond donors (Lipinski definition) is 1. The van der Waals surface area contributed by atoms with Gasteiger partial charge in [0.1, 0.15) is 0 Å². The van der Waals surface area contributed by atoms with E-state index in [2.05, 4.69) is 52.5 Å². The summed E-state index contributed by atoms with van der Waals surface area (Å²) in [6.07, 6.45) is 8.09. The lowest BCUT2D eigenvalue weighted by Gasteiger charge is -2.18. The number of nitrogens with zero attached hydrogens (tertiary/aromatic N) is 2. The summed E-state index contributed by atoms with van der Waals surface area (Å²) >= 11 is 1.56. The molecule has 106 valence electrons. The van der Waals surface area contributed by atoms with Gasteiger partial charge in [-0.1, -0.05) is 55.4 Å². The zero-order valence-electron chi connectivity index (χ0n) is 12.0. The Hall–Kier alpha value is -1.39. The normalized spacial score (nSPS) is 12.3. The zero-order valence-corrected chi connectivity index (χ0v) is 12.9. The van der Waals surface area contributed by atoms with Crippen molar-refractivity contribution in [3.05, 3.63) is 53.9 Å². The molecule has 0 saturated carbocycles. The van der Waals surface area contributed by atoms with E-state index in [1.54, 1.807) is 11.8 Å². The second-order valence-corrected chi connectivity index (χ2v) is 5.48. The van der Waals surface area contributed by atoms with Gasteiger partial charge in [-0.05, 0) is 18.2 Å². The first-order valence-electron chi connectivity index (χ1n) is 6.96. The number of rotatable bonds is 7. The lowest BCUT2D eigenvalue weighted by Crippen LogP contribution is -2.21. The van der Waals surface area contributed by atoms with Crippen LogP contribution in [0.5, 0.6) is 0 Å². The molecule has 1 unspecified atom stereocenters. The highest BCUT2D eigenvalue weighted by atomic mass is 32.2. The van der Waals surface area contributed by atoms with E-state index in [4.69, 9.17) is 0 Å². The molecule has 0 radical (unpaired) electrons. The van der Waals surface area contributed by atoms with E-state index in [0.717, 1.165) is 30.1 Å². The van der Waals surface area contributed by atoms with Gasteiger partial charge in [0, 0.05) is 30.5 Å². The lowest BCUT2D eigenvalue weighted by molar-refractivity contribution is 0.492. The summed E-state index contributed by atoms with van der Waals surface area (Å²) in [4.78, 5) is 8.61. The van der Waals surface area contributed by atoms with Gasteiger partial charge in [0.05, 0.1) is 0 Å². The fourth-order valence-corrected chi connectivity index (χ4v) is 2.46. The number of aromatic nitrogens is 2. The molecule has 4 heteroatoms. The Labute approximate surface area is 125 Å². The lowest BCUT2D eigenvalue weighted by atomic mass is 10.0. The minimum absolute atomic E-state index is 0.390. The molecule has 2 rings (SSSR count). The van der Waals surface area contributed by atoms with Crippen molar-refractivity contribution in [2.24, 2.45) is 0 Å². The van der Waals surface area contributed by atoms with Crippen molar-refractivity contribution in [2.75, 3.05) is 6.26 Å². The van der Waals surface area contributed by atoms with Crippen molar-refractivity contribution < 1.29 is 0 Å². The summed E-state index contributed by atoms with van der Waals surface area (Å²) in [5.74, 6) is 0. The Morgan fingerprint density at radius 1 is 1.15 bits per heavy atom. The van der Waals surface area contributed by atoms with Crippen molar-refractivity contribution in [2.45, 2.75) is 37.5 Å². The molecular weight excluding hydrogens is 266 g/mol. The summed E-state index contributed by atoms with van der Waals surface area (Å²) in [7, 11) is 0. The molecule has 1 aromatic carbocycles. The third kappa shape index (κ3) is 4.32. The number of thioether (sulfide) groups is 1. The van der Waals surface area contributed by atoms with Crippen LogP contribution < -0.4 is 5.32 Å². The van der Waals surface area contributed by atoms with Crippen molar-refractivity contribution in [3.63, 3.8) is 0 Å². The average molecular weight is 287 g/mol. The smallest absolute Gasteiger partial charge is 0.187 e. The Kier molecular flexibility index (Phi) is 6.02. The van der Waals surface area contributed by atoms with Crippen LogP contribution in [0.3, 0.4) is 0 Å². The first-order chi connectivity index (χ1) is 9.83. The summed E-state index contributed by atoms with van der Waals surface area (Å²) in [6.45, 7) is 3.02. The molecule has 3 nitrogen and oxygen atoms in total. The monoisotopic (exact) mass is 287 g/mol. The molecule has 0 aliphatic carbocycles. The van der Waals surface area contributed by atoms with Crippen LogP contribution >= 0.6 is 11.8 Å². The van der Waals surface area contributed by atoms with E-state index in [1.165, 1.54) is 5.56 Å². The predicted octanol–water partition coefficient (Wildman–Crippen LogP) is 3.83. The van der Waals surface area contributed by atoms with Crippen LogP contribution in [0.15, 0.2) is 47.9 Å². The molecule has 0 fully saturated rings. The third-order valence-corrected chi connectivity index (χ3v) is 3.77. The molecule has 1 aromatic heterocycles. The van der Waals surface area contributed by atoms with Crippen molar-refractivity contribution >= 4 is 11.8 Å². The first kappa shape index (κ1) is 15.0. The molecular formula is C16H21N3S. The van der Waals surface area contributed by atoms with E-state index in [0.29, 0.717) is 6.04 Å². The Morgan fingerprint density at radius 3 is 2.45 bits per heavy atom. The molecule has 0 spiro atoms. The highest BCUT2D eigenvalue weighted by molar-refractivity contribution is 7.98. The van der Waals surface area contributed by atoms with Gasteiger partial charge < -0.3 is 5.32 Å². The van der Waals surface area contributed by atoms with Crippen LogP contribution in [-0.4, -0.2) is 16.2 Å². The predicted molar refractivity (Wildman–Crippen MR) is 84.7 cm³/mol. The van der Waals surface area contributed by atoms with Gasteiger partial charge in [-0.2, -0.15) is 0 Å². The molecule has 0 aliphatic rings. The maximum Gasteiger partial charge on any atom is 0.187 e. The van der Waals surface area contributed by atoms with Crippen LogP contribution in [0.4, 0.5) is 0 Å². The summed E-state index contributed by atoms with van der Waals surface area (Å²) in [5, 5.41) is 4.43. The SMILES string of the molecule is CCCC(NCc1cnc(SC)nc1)c1ccccc1. The second kappa shape index (κ2) is 8.02. The average Bonchev–Trinajstić information content (AvgIpc) is 2.53. The topological polar surface area (TPSA) is 37.8 Å². The number of benzene rings is 1. The first-order valence-corrected chi connectivity index (χ1v) is 8.19. The number of nitrogens with one attached hydrogen (secondary N) is 1. The third-order valence-electron chi connectivity index (χ3n) is 3.20. The minimum atomic E-state index is 0.390. The molecule has 1 N–H and O–H groups in total. The maximum atomic E-state index is 4.31. The van der Waals surface area contributed by atoms with Gasteiger partial charge in [-0.3, -0.25) is 0 Å². The largest absolute Gasteiger partial charge is 0.306 e. The van der Waals surface area contributed by atoms with Gasteiger partial charge in [0.2, 0.25) is 0 Å². The second-order valence-electron chi connectivity index (χ2n) is 4.71. The molecule has 0 saturated heterocycles. The van der Waals surface area contributed by atoms with Crippen LogP contribution in [0.2, 0.25) is 0 Å². The van der Waals surface area contributed by atoms with E-state index < -0.39 is 0 Å². The number of hydrogen-bond acceptors (Lipinski definition) is 4. The van der Waals surface area contributed by atoms with Gasteiger partial charge in [0.15, 0.2) is 5.16 Å². The van der Waals surface area contributed by atoms with Crippen molar-refractivity contribution in [3.8, 4) is 0 Å². The van der Waals surface area contributed by atoms with Gasteiger partial charge in [-0.15, -0.1) is 0 Å². The summed E-state index contributed by atoms with van der Waals surface area (Å²) in [6, 6.07) is 11.0. The van der Waals surface area contributed by atoms with Crippen LogP contribution in [0, 0.1) is 0 Å². The standard InChI is InChI=1S/C16H21N3S/c1-3-7-15(14-8-5-4-6-9-14)17-10-13-11-18-16(20-2)19-12-13/h4-6,8-9,11-12,15,17H,3,7,10H2,1-2H3. The molecule has 20 heavy (non-hydrogen) atoms. The molecule has 1 heterocycles. The fraction of sp³-hybridized carbons (Fsp3) is 0.375. The van der Waals surface area contributed by atoms with Gasteiger partial charge in [0.25, 0.3) is 0 Å². The summed E-state index contributed by atoms with van der Waals surface area (Å²) < 4.78 is 0. The van der Waals surface area contributed by atoms with E-state index in [1.807, 2.05) is 18.6 Å². The van der Waals surface area contributed by atoms with E-state index in [-0.39, 0.29) is 0 Å². The molecule has 1 atom stereocenters. The Bertz CT molecular complexity index is 499. The molecule has 0 amide bonds. The van der Waals surface area contributed by atoms with Crippen LogP contribution in [0.25, 0.3) is 0 Å². The minimum Gasteiger partial charge on any atom is -0.306 e. The highest BCUT2D eigenvalue weighted by Gasteiger charge is 2.09. The Balaban J connectivity index is 1.98. The van der Waals surface area contributed by atoms with Crippen LogP contribution in [0.1, 0.15) is 36.9 Å². The quantitative estimate of drug-likeness (QED) is 0.620. The van der Waals surface area contributed by atoms with E-state index >= 15 is 0 Å². The molecule has 0 aliphatic heterocycles. The summed E-state index contributed by atoms with van der Waals surface area (Å²) in [5.41, 5.74) is 2.47. The highest BCUT2D eigenvalue weighted by Crippen LogP contribution is 2.18.